The van der Waals surface area contributed by atoms with E-state index < -0.39 is 11.8 Å². The summed E-state index contributed by atoms with van der Waals surface area (Å²) in [5.74, 6) is -1.05. The summed E-state index contributed by atoms with van der Waals surface area (Å²) < 4.78 is 23.2. The average Bonchev–Trinajstić information content (AvgIpc) is 2.87. The van der Waals surface area contributed by atoms with E-state index in [0.717, 1.165) is 28.0 Å². The lowest BCUT2D eigenvalue weighted by atomic mass is 9.93. The standard InChI is InChI=1S/C29H32O5/c1-22(2)28(30)34-29(32-4,26-13-9-6-10-14-26)20-25-15-16-27(31-3)19-24(25)17-18-33-21-23-11-7-5-8-12-23/h5-16,19H,1,17-18,20-21H2,2-4H3. The van der Waals surface area contributed by atoms with E-state index >= 15 is 0 Å². The van der Waals surface area contributed by atoms with E-state index in [1.807, 2.05) is 78.9 Å². The molecule has 3 aromatic rings. The number of carbonyl (C=O) groups excluding carboxylic acids is 1. The van der Waals surface area contributed by atoms with Crippen molar-refractivity contribution in [2.45, 2.75) is 32.2 Å². The van der Waals surface area contributed by atoms with Gasteiger partial charge in [-0.2, -0.15) is 0 Å². The molecule has 0 saturated carbocycles. The zero-order valence-corrected chi connectivity index (χ0v) is 20.1. The highest BCUT2D eigenvalue weighted by Gasteiger charge is 2.38. The van der Waals surface area contributed by atoms with Crippen molar-refractivity contribution in [1.29, 1.82) is 0 Å². The summed E-state index contributed by atoms with van der Waals surface area (Å²) in [5, 5.41) is 0. The van der Waals surface area contributed by atoms with Gasteiger partial charge in [0.1, 0.15) is 5.75 Å². The number of methoxy groups -OCH3 is 2. The smallest absolute Gasteiger partial charge is 0.335 e. The number of carbonyl (C=O) groups is 1. The predicted molar refractivity (Wildman–Crippen MR) is 133 cm³/mol. The van der Waals surface area contributed by atoms with Crippen LogP contribution in [0.5, 0.6) is 5.75 Å². The van der Waals surface area contributed by atoms with E-state index in [1.54, 1.807) is 21.1 Å². The van der Waals surface area contributed by atoms with Crippen molar-refractivity contribution in [2.24, 2.45) is 0 Å². The third kappa shape index (κ3) is 6.56. The molecule has 178 valence electrons. The Balaban J connectivity index is 1.86. The fraction of sp³-hybridized carbons (Fsp3) is 0.276. The molecule has 0 fully saturated rings. The topological polar surface area (TPSA) is 54.0 Å². The molecule has 0 amide bonds. The van der Waals surface area contributed by atoms with Gasteiger partial charge in [0.2, 0.25) is 5.79 Å². The summed E-state index contributed by atoms with van der Waals surface area (Å²) in [6.07, 6.45) is 0.993. The molecule has 5 heteroatoms. The zero-order valence-electron chi connectivity index (χ0n) is 20.1. The second-order valence-electron chi connectivity index (χ2n) is 8.09. The van der Waals surface area contributed by atoms with Crippen LogP contribution in [-0.4, -0.2) is 26.8 Å². The molecule has 0 spiro atoms. The normalized spacial score (nSPS) is 12.6. The van der Waals surface area contributed by atoms with E-state index in [1.165, 1.54) is 0 Å². The largest absolute Gasteiger partial charge is 0.497 e. The average molecular weight is 461 g/mol. The number of benzene rings is 3. The van der Waals surface area contributed by atoms with Gasteiger partial charge < -0.3 is 18.9 Å². The fourth-order valence-corrected chi connectivity index (χ4v) is 3.69. The molecule has 0 heterocycles. The number of ether oxygens (including phenoxy) is 4. The Morgan fingerprint density at radius 3 is 2.21 bits per heavy atom. The Morgan fingerprint density at radius 2 is 1.59 bits per heavy atom. The molecular formula is C29H32O5. The SMILES string of the molecule is C=C(C)C(=O)OC(Cc1ccc(OC)cc1CCOCc1ccccc1)(OC)c1ccccc1. The Hall–Kier alpha value is -3.41. The van der Waals surface area contributed by atoms with Crippen molar-refractivity contribution in [1.82, 2.24) is 0 Å². The molecule has 0 radical (unpaired) electrons. The number of hydrogen-bond acceptors (Lipinski definition) is 5. The van der Waals surface area contributed by atoms with Gasteiger partial charge in [-0.05, 0) is 42.2 Å². The minimum atomic E-state index is -1.30. The first-order chi connectivity index (χ1) is 16.5. The maximum absolute atomic E-state index is 12.6. The van der Waals surface area contributed by atoms with Crippen molar-refractivity contribution >= 4 is 5.97 Å². The lowest BCUT2D eigenvalue weighted by molar-refractivity contribution is -0.224. The molecule has 0 aliphatic rings. The van der Waals surface area contributed by atoms with Crippen LogP contribution in [0.4, 0.5) is 0 Å². The second-order valence-corrected chi connectivity index (χ2v) is 8.09. The van der Waals surface area contributed by atoms with Crippen molar-refractivity contribution in [3.63, 3.8) is 0 Å². The van der Waals surface area contributed by atoms with Crippen LogP contribution in [0.1, 0.15) is 29.2 Å². The Morgan fingerprint density at radius 1 is 0.912 bits per heavy atom. The molecule has 34 heavy (non-hydrogen) atoms. The van der Waals surface area contributed by atoms with Gasteiger partial charge in [-0.15, -0.1) is 0 Å². The fourth-order valence-electron chi connectivity index (χ4n) is 3.69. The Labute approximate surface area is 201 Å². The third-order valence-electron chi connectivity index (χ3n) is 5.61. The van der Waals surface area contributed by atoms with E-state index in [-0.39, 0.29) is 0 Å². The highest BCUT2D eigenvalue weighted by molar-refractivity contribution is 5.87. The molecular weight excluding hydrogens is 428 g/mol. The maximum atomic E-state index is 12.6. The number of esters is 1. The van der Waals surface area contributed by atoms with Crippen molar-refractivity contribution in [2.75, 3.05) is 20.8 Å². The van der Waals surface area contributed by atoms with Crippen LogP contribution in [0.3, 0.4) is 0 Å². The zero-order chi connectivity index (χ0) is 24.4. The van der Waals surface area contributed by atoms with Crippen molar-refractivity contribution in [3.05, 3.63) is 113 Å². The molecule has 0 aliphatic carbocycles. The first kappa shape index (κ1) is 25.2. The maximum Gasteiger partial charge on any atom is 0.335 e. The minimum absolute atomic E-state index is 0.307. The van der Waals surface area contributed by atoms with Crippen LogP contribution in [0.25, 0.3) is 0 Å². The number of hydrogen-bond donors (Lipinski definition) is 0. The van der Waals surface area contributed by atoms with Crippen molar-refractivity contribution in [3.8, 4) is 5.75 Å². The first-order valence-electron chi connectivity index (χ1n) is 11.2. The lowest BCUT2D eigenvalue weighted by Crippen LogP contribution is -2.37. The second kappa shape index (κ2) is 12.2. The highest BCUT2D eigenvalue weighted by Crippen LogP contribution is 2.34. The first-order valence-corrected chi connectivity index (χ1v) is 11.2. The van der Waals surface area contributed by atoms with Crippen LogP contribution in [0.15, 0.2) is 91.0 Å². The molecule has 3 aromatic carbocycles. The van der Waals surface area contributed by atoms with Gasteiger partial charge >= 0.3 is 5.97 Å². The van der Waals surface area contributed by atoms with Gasteiger partial charge in [0.25, 0.3) is 0 Å². The van der Waals surface area contributed by atoms with Crippen LogP contribution < -0.4 is 4.74 Å². The molecule has 1 atom stereocenters. The minimum Gasteiger partial charge on any atom is -0.497 e. The molecule has 0 aliphatic heterocycles. The summed E-state index contributed by atoms with van der Waals surface area (Å²) >= 11 is 0. The number of rotatable bonds is 12. The van der Waals surface area contributed by atoms with E-state index in [9.17, 15) is 4.79 Å². The van der Waals surface area contributed by atoms with Gasteiger partial charge in [-0.25, -0.2) is 4.79 Å². The van der Waals surface area contributed by atoms with Gasteiger partial charge in [0.15, 0.2) is 0 Å². The van der Waals surface area contributed by atoms with E-state index in [0.29, 0.717) is 31.6 Å². The molecule has 1 unspecified atom stereocenters. The Bertz CT molecular complexity index is 1080. The van der Waals surface area contributed by atoms with Crippen LogP contribution in [0, 0.1) is 0 Å². The highest BCUT2D eigenvalue weighted by atomic mass is 16.7. The quantitative estimate of drug-likeness (QED) is 0.152. The summed E-state index contributed by atoms with van der Waals surface area (Å²) in [4.78, 5) is 12.6. The van der Waals surface area contributed by atoms with Gasteiger partial charge in [0, 0.05) is 24.7 Å². The summed E-state index contributed by atoms with van der Waals surface area (Å²) in [5.41, 5.74) is 4.19. The van der Waals surface area contributed by atoms with Crippen LogP contribution in [-0.2, 0) is 44.2 Å². The monoisotopic (exact) mass is 460 g/mol. The van der Waals surface area contributed by atoms with E-state index in [4.69, 9.17) is 18.9 Å². The summed E-state index contributed by atoms with van der Waals surface area (Å²) in [7, 11) is 3.19. The molecule has 0 aromatic heterocycles. The third-order valence-corrected chi connectivity index (χ3v) is 5.61. The van der Waals surface area contributed by atoms with Gasteiger partial charge in [0.05, 0.1) is 20.3 Å². The summed E-state index contributed by atoms with van der Waals surface area (Å²) in [6.45, 7) is 6.43. The Kier molecular flexibility index (Phi) is 9.02. The van der Waals surface area contributed by atoms with Gasteiger partial charge in [-0.1, -0.05) is 73.3 Å². The van der Waals surface area contributed by atoms with Crippen LogP contribution >= 0.6 is 0 Å². The molecule has 0 saturated heterocycles. The molecule has 5 nitrogen and oxygen atoms in total. The van der Waals surface area contributed by atoms with E-state index in [2.05, 4.69) is 6.58 Å². The lowest BCUT2D eigenvalue weighted by Gasteiger charge is -2.33. The molecule has 0 bridgehead atoms. The van der Waals surface area contributed by atoms with Gasteiger partial charge in [-0.3, -0.25) is 0 Å². The predicted octanol–water partition coefficient (Wildman–Crippen LogP) is 5.62. The molecule has 3 rings (SSSR count). The van der Waals surface area contributed by atoms with Crippen LogP contribution in [0.2, 0.25) is 0 Å². The molecule has 0 N–H and O–H groups in total. The summed E-state index contributed by atoms with van der Waals surface area (Å²) in [6, 6.07) is 25.4. The van der Waals surface area contributed by atoms with Crippen molar-refractivity contribution < 1.29 is 23.7 Å².